The van der Waals surface area contributed by atoms with Crippen molar-refractivity contribution in [2.75, 3.05) is 0 Å². The number of carboxylic acids is 1. The maximum atomic E-state index is 12.9. The van der Waals surface area contributed by atoms with E-state index >= 15 is 0 Å². The number of halogens is 1. The average Bonchev–Trinajstić information content (AvgIpc) is 2.86. The van der Waals surface area contributed by atoms with Crippen LogP contribution in [0.3, 0.4) is 0 Å². The summed E-state index contributed by atoms with van der Waals surface area (Å²) in [5.41, 5.74) is -0.176. The second-order valence-electron chi connectivity index (χ2n) is 3.61. The third kappa shape index (κ3) is 3.06. The van der Waals surface area contributed by atoms with Gasteiger partial charge in [-0.05, 0) is 12.1 Å². The molecular formula is C11H7FN2O5S. The van der Waals surface area contributed by atoms with Crippen LogP contribution < -0.4 is 4.74 Å². The fourth-order valence-corrected chi connectivity index (χ4v) is 2.02. The number of carbonyl (C=O) groups is 1. The Hall–Kier alpha value is -2.55. The summed E-state index contributed by atoms with van der Waals surface area (Å²) in [6, 6.07) is 2.92. The fourth-order valence-electron chi connectivity index (χ4n) is 1.38. The van der Waals surface area contributed by atoms with E-state index in [1.54, 1.807) is 0 Å². The van der Waals surface area contributed by atoms with Gasteiger partial charge in [-0.2, -0.15) is 0 Å². The third-order valence-corrected chi connectivity index (χ3v) is 3.11. The molecule has 1 aromatic carbocycles. The van der Waals surface area contributed by atoms with Crippen LogP contribution in [0.2, 0.25) is 0 Å². The van der Waals surface area contributed by atoms with Gasteiger partial charge in [-0.15, -0.1) is 11.3 Å². The van der Waals surface area contributed by atoms with E-state index in [4.69, 9.17) is 9.84 Å². The van der Waals surface area contributed by atoms with E-state index in [-0.39, 0.29) is 17.4 Å². The van der Waals surface area contributed by atoms with Gasteiger partial charge in [-0.25, -0.2) is 14.2 Å². The van der Waals surface area contributed by atoms with E-state index in [1.807, 2.05) is 0 Å². The van der Waals surface area contributed by atoms with Gasteiger partial charge in [0.2, 0.25) is 5.01 Å². The molecule has 0 saturated heterocycles. The Morgan fingerprint density at radius 3 is 2.90 bits per heavy atom. The summed E-state index contributed by atoms with van der Waals surface area (Å²) >= 11 is 0.921. The van der Waals surface area contributed by atoms with Gasteiger partial charge in [-0.1, -0.05) is 0 Å². The van der Waals surface area contributed by atoms with Crippen LogP contribution in [0.25, 0.3) is 0 Å². The molecule has 2 aromatic rings. The quantitative estimate of drug-likeness (QED) is 0.672. The lowest BCUT2D eigenvalue weighted by Crippen LogP contribution is -2.01. The van der Waals surface area contributed by atoms with Crippen molar-refractivity contribution in [3.05, 3.63) is 50.2 Å². The van der Waals surface area contributed by atoms with Crippen LogP contribution in [0.1, 0.15) is 15.5 Å². The lowest BCUT2D eigenvalue weighted by molar-refractivity contribution is -0.386. The van der Waals surface area contributed by atoms with Crippen molar-refractivity contribution in [3.63, 3.8) is 0 Å². The smallest absolute Gasteiger partial charge is 0.365 e. The number of carboxylic acid groups (broad SMARTS) is 1. The lowest BCUT2D eigenvalue weighted by Gasteiger charge is -2.04. The molecule has 1 N–H and O–H groups in total. The van der Waals surface area contributed by atoms with E-state index in [0.717, 1.165) is 29.5 Å². The number of nitrogens with zero attached hydrogens (tertiary/aromatic N) is 2. The highest BCUT2D eigenvalue weighted by Gasteiger charge is 2.17. The molecule has 0 spiro atoms. The van der Waals surface area contributed by atoms with Crippen LogP contribution in [0.4, 0.5) is 10.1 Å². The van der Waals surface area contributed by atoms with Crippen molar-refractivity contribution in [1.82, 2.24) is 4.98 Å². The summed E-state index contributed by atoms with van der Waals surface area (Å²) < 4.78 is 18.1. The zero-order valence-corrected chi connectivity index (χ0v) is 10.6. The Morgan fingerprint density at radius 2 is 2.30 bits per heavy atom. The molecule has 0 aliphatic carbocycles. The molecular weight excluding hydrogens is 291 g/mol. The normalized spacial score (nSPS) is 10.2. The molecule has 20 heavy (non-hydrogen) atoms. The molecule has 1 heterocycles. The highest BCUT2D eigenvalue weighted by molar-refractivity contribution is 7.11. The molecule has 0 amide bonds. The van der Waals surface area contributed by atoms with Crippen LogP contribution in [0.15, 0.2) is 23.6 Å². The molecule has 0 unspecified atom stereocenters. The van der Waals surface area contributed by atoms with Crippen molar-refractivity contribution in [2.45, 2.75) is 6.61 Å². The van der Waals surface area contributed by atoms with Crippen molar-refractivity contribution >= 4 is 23.0 Å². The van der Waals surface area contributed by atoms with Crippen molar-refractivity contribution in [1.29, 1.82) is 0 Å². The Balaban J connectivity index is 2.14. The standard InChI is InChI=1S/C11H7FN2O5S/c12-6-1-2-9(8(3-6)14(17)18)19-4-7-5-20-10(13-7)11(15)16/h1-3,5H,4H2,(H,15,16). The number of aromatic nitrogens is 1. The zero-order chi connectivity index (χ0) is 14.7. The van der Waals surface area contributed by atoms with Crippen LogP contribution in [0.5, 0.6) is 5.75 Å². The summed E-state index contributed by atoms with van der Waals surface area (Å²) in [6.45, 7) is -0.143. The molecule has 104 valence electrons. The maximum Gasteiger partial charge on any atom is 0.365 e. The molecule has 1 aromatic heterocycles. The molecule has 0 bridgehead atoms. The van der Waals surface area contributed by atoms with Gasteiger partial charge in [0.1, 0.15) is 12.4 Å². The molecule has 9 heteroatoms. The zero-order valence-electron chi connectivity index (χ0n) is 9.78. The van der Waals surface area contributed by atoms with Crippen LogP contribution in [0, 0.1) is 15.9 Å². The number of aromatic carboxylic acids is 1. The maximum absolute atomic E-state index is 12.9. The molecule has 2 rings (SSSR count). The number of nitro groups is 1. The Labute approximate surface area is 115 Å². The Morgan fingerprint density at radius 1 is 1.55 bits per heavy atom. The van der Waals surface area contributed by atoms with Crippen molar-refractivity contribution in [3.8, 4) is 5.75 Å². The number of thiazole rings is 1. The summed E-state index contributed by atoms with van der Waals surface area (Å²) in [5, 5.41) is 20.8. The molecule has 0 aliphatic rings. The van der Waals surface area contributed by atoms with Crippen LogP contribution >= 0.6 is 11.3 Å². The van der Waals surface area contributed by atoms with Crippen molar-refractivity contribution in [2.24, 2.45) is 0 Å². The highest BCUT2D eigenvalue weighted by Crippen LogP contribution is 2.28. The fraction of sp³-hybridized carbons (Fsp3) is 0.0909. The highest BCUT2D eigenvalue weighted by atomic mass is 32.1. The van der Waals surface area contributed by atoms with Gasteiger partial charge in [0.05, 0.1) is 16.7 Å². The minimum atomic E-state index is -1.16. The van der Waals surface area contributed by atoms with Gasteiger partial charge in [0.15, 0.2) is 5.75 Å². The number of rotatable bonds is 5. The number of benzene rings is 1. The lowest BCUT2D eigenvalue weighted by atomic mass is 10.3. The SMILES string of the molecule is O=C(O)c1nc(COc2ccc(F)cc2[N+](=O)[O-])cs1. The number of hydrogen-bond acceptors (Lipinski definition) is 6. The van der Waals surface area contributed by atoms with Crippen LogP contribution in [-0.2, 0) is 6.61 Å². The molecule has 0 fully saturated rings. The van der Waals surface area contributed by atoms with E-state index in [1.165, 1.54) is 5.38 Å². The van der Waals surface area contributed by atoms with Gasteiger partial charge < -0.3 is 9.84 Å². The monoisotopic (exact) mass is 298 g/mol. The molecule has 0 radical (unpaired) electrons. The first-order chi connectivity index (χ1) is 9.47. The minimum Gasteiger partial charge on any atom is -0.480 e. The number of ether oxygens (including phenoxy) is 1. The molecule has 7 nitrogen and oxygen atoms in total. The van der Waals surface area contributed by atoms with E-state index in [2.05, 4.69) is 4.98 Å². The average molecular weight is 298 g/mol. The summed E-state index contributed by atoms with van der Waals surface area (Å²) in [7, 11) is 0. The second-order valence-corrected chi connectivity index (χ2v) is 4.47. The topological polar surface area (TPSA) is 103 Å². The summed E-state index contributed by atoms with van der Waals surface area (Å²) in [4.78, 5) is 24.4. The Kier molecular flexibility index (Phi) is 3.89. The molecule has 0 atom stereocenters. The van der Waals surface area contributed by atoms with E-state index < -0.39 is 22.4 Å². The number of hydrogen-bond donors (Lipinski definition) is 1. The van der Waals surface area contributed by atoms with E-state index in [0.29, 0.717) is 5.69 Å². The predicted molar refractivity (Wildman–Crippen MR) is 66.5 cm³/mol. The predicted octanol–water partition coefficient (Wildman–Crippen LogP) is 2.47. The summed E-state index contributed by atoms with van der Waals surface area (Å²) in [5.74, 6) is -2.01. The first kappa shape index (κ1) is 13.9. The number of nitro benzene ring substituents is 1. The summed E-state index contributed by atoms with van der Waals surface area (Å²) in [6.07, 6.45) is 0. The first-order valence-electron chi connectivity index (χ1n) is 5.22. The van der Waals surface area contributed by atoms with Gasteiger partial charge in [-0.3, -0.25) is 10.1 Å². The van der Waals surface area contributed by atoms with E-state index in [9.17, 15) is 19.3 Å². The van der Waals surface area contributed by atoms with Gasteiger partial charge in [0, 0.05) is 5.38 Å². The van der Waals surface area contributed by atoms with Crippen molar-refractivity contribution < 1.29 is 24.0 Å². The third-order valence-electron chi connectivity index (χ3n) is 2.23. The molecule has 0 saturated carbocycles. The first-order valence-corrected chi connectivity index (χ1v) is 6.10. The van der Waals surface area contributed by atoms with Gasteiger partial charge in [0.25, 0.3) is 0 Å². The second kappa shape index (κ2) is 5.61. The van der Waals surface area contributed by atoms with Crippen LogP contribution in [-0.4, -0.2) is 21.0 Å². The largest absolute Gasteiger partial charge is 0.480 e. The Bertz CT molecular complexity index is 673. The van der Waals surface area contributed by atoms with Gasteiger partial charge >= 0.3 is 11.7 Å². The minimum absolute atomic E-state index is 0.0998. The molecule has 0 aliphatic heterocycles.